The second kappa shape index (κ2) is 7.67. The maximum absolute atomic E-state index is 11.8. The minimum Gasteiger partial charge on any atom is -0.494 e. The lowest BCUT2D eigenvalue weighted by Gasteiger charge is -2.17. The van der Waals surface area contributed by atoms with Crippen molar-refractivity contribution in [2.45, 2.75) is 38.1 Å². The van der Waals surface area contributed by atoms with Crippen LogP contribution in [0, 0.1) is 5.92 Å². The van der Waals surface area contributed by atoms with E-state index in [1.165, 1.54) is 0 Å². The Hall–Kier alpha value is -2.04. The highest BCUT2D eigenvalue weighted by atomic mass is 16.5. The number of hydrogen-bond donors (Lipinski definition) is 2. The van der Waals surface area contributed by atoms with Crippen molar-refractivity contribution in [1.82, 2.24) is 5.32 Å². The van der Waals surface area contributed by atoms with E-state index in [-0.39, 0.29) is 11.9 Å². The molecule has 2 atom stereocenters. The molecule has 5 nitrogen and oxygen atoms in total. The number of ether oxygens (including phenoxy) is 1. The fourth-order valence-corrected chi connectivity index (χ4v) is 2.65. The van der Waals surface area contributed by atoms with Gasteiger partial charge in [-0.05, 0) is 31.4 Å². The molecule has 1 amide bonds. The number of para-hydroxylation sites is 1. The first-order chi connectivity index (χ1) is 10.2. The molecule has 1 aromatic rings. The zero-order valence-electron chi connectivity index (χ0n) is 12.0. The SMILES string of the molecule is O=C(CCCOc1ccccc1)NC1CCCC1C(=O)O. The van der Waals surface area contributed by atoms with Crippen LogP contribution in [0.3, 0.4) is 0 Å². The average molecular weight is 291 g/mol. The monoisotopic (exact) mass is 291 g/mol. The molecular formula is C16H21NO4. The molecular weight excluding hydrogens is 270 g/mol. The van der Waals surface area contributed by atoms with E-state index >= 15 is 0 Å². The van der Waals surface area contributed by atoms with Crippen LogP contribution < -0.4 is 10.1 Å². The highest BCUT2D eigenvalue weighted by molar-refractivity contribution is 5.78. The molecule has 1 aliphatic carbocycles. The third kappa shape index (κ3) is 4.77. The van der Waals surface area contributed by atoms with E-state index in [4.69, 9.17) is 9.84 Å². The number of carbonyl (C=O) groups is 2. The Kier molecular flexibility index (Phi) is 5.60. The molecule has 0 spiro atoms. The first-order valence-corrected chi connectivity index (χ1v) is 7.37. The van der Waals surface area contributed by atoms with Gasteiger partial charge in [0.25, 0.3) is 0 Å². The van der Waals surface area contributed by atoms with Gasteiger partial charge in [-0.25, -0.2) is 0 Å². The number of carbonyl (C=O) groups excluding carboxylic acids is 1. The second-order valence-electron chi connectivity index (χ2n) is 5.31. The lowest BCUT2D eigenvalue weighted by atomic mass is 10.0. The van der Waals surface area contributed by atoms with Crippen LogP contribution in [0.1, 0.15) is 32.1 Å². The van der Waals surface area contributed by atoms with Gasteiger partial charge >= 0.3 is 5.97 Å². The van der Waals surface area contributed by atoms with E-state index in [0.29, 0.717) is 25.9 Å². The fraction of sp³-hybridized carbons (Fsp3) is 0.500. The van der Waals surface area contributed by atoms with Gasteiger partial charge in [-0.3, -0.25) is 9.59 Å². The van der Waals surface area contributed by atoms with Crippen LogP contribution in [0.5, 0.6) is 5.75 Å². The number of benzene rings is 1. The molecule has 1 saturated carbocycles. The number of amides is 1. The zero-order chi connectivity index (χ0) is 15.1. The number of carboxylic acid groups (broad SMARTS) is 1. The molecule has 0 saturated heterocycles. The minimum atomic E-state index is -0.815. The third-order valence-electron chi connectivity index (χ3n) is 3.74. The topological polar surface area (TPSA) is 75.6 Å². The fourth-order valence-electron chi connectivity index (χ4n) is 2.65. The molecule has 21 heavy (non-hydrogen) atoms. The summed E-state index contributed by atoms with van der Waals surface area (Å²) in [6, 6.07) is 9.24. The van der Waals surface area contributed by atoms with Crippen LogP contribution >= 0.6 is 0 Å². The van der Waals surface area contributed by atoms with E-state index < -0.39 is 11.9 Å². The highest BCUT2D eigenvalue weighted by Crippen LogP contribution is 2.25. The van der Waals surface area contributed by atoms with E-state index in [0.717, 1.165) is 18.6 Å². The standard InChI is InChI=1S/C16H21NO4/c18-15(17-14-9-4-8-13(14)16(19)20)10-5-11-21-12-6-2-1-3-7-12/h1-3,6-7,13-14H,4-5,8-11H2,(H,17,18)(H,19,20). The minimum absolute atomic E-state index is 0.0928. The van der Waals surface area contributed by atoms with Crippen molar-refractivity contribution in [2.75, 3.05) is 6.61 Å². The van der Waals surface area contributed by atoms with Crippen molar-refractivity contribution >= 4 is 11.9 Å². The Morgan fingerprint density at radius 1 is 1.24 bits per heavy atom. The molecule has 0 aliphatic heterocycles. The maximum Gasteiger partial charge on any atom is 0.308 e. The van der Waals surface area contributed by atoms with Crippen molar-refractivity contribution < 1.29 is 19.4 Å². The lowest BCUT2D eigenvalue weighted by molar-refractivity contribution is -0.142. The summed E-state index contributed by atoms with van der Waals surface area (Å²) in [5.74, 6) is -0.552. The smallest absolute Gasteiger partial charge is 0.308 e. The lowest BCUT2D eigenvalue weighted by Crippen LogP contribution is -2.40. The molecule has 5 heteroatoms. The zero-order valence-corrected chi connectivity index (χ0v) is 12.0. The Morgan fingerprint density at radius 2 is 2.00 bits per heavy atom. The Morgan fingerprint density at radius 3 is 2.71 bits per heavy atom. The summed E-state index contributed by atoms with van der Waals surface area (Å²) < 4.78 is 5.51. The van der Waals surface area contributed by atoms with E-state index in [9.17, 15) is 9.59 Å². The molecule has 0 heterocycles. The molecule has 0 radical (unpaired) electrons. The van der Waals surface area contributed by atoms with Crippen LogP contribution in [0.2, 0.25) is 0 Å². The van der Waals surface area contributed by atoms with Gasteiger partial charge in [0.2, 0.25) is 5.91 Å². The maximum atomic E-state index is 11.8. The van der Waals surface area contributed by atoms with Crippen molar-refractivity contribution in [3.8, 4) is 5.75 Å². The van der Waals surface area contributed by atoms with Crippen LogP contribution in [0.4, 0.5) is 0 Å². The molecule has 2 rings (SSSR count). The molecule has 2 unspecified atom stereocenters. The van der Waals surface area contributed by atoms with E-state index in [2.05, 4.69) is 5.32 Å². The van der Waals surface area contributed by atoms with Crippen molar-refractivity contribution in [3.05, 3.63) is 30.3 Å². The van der Waals surface area contributed by atoms with Crippen LogP contribution in [0.15, 0.2) is 30.3 Å². The second-order valence-corrected chi connectivity index (χ2v) is 5.31. The van der Waals surface area contributed by atoms with Gasteiger partial charge in [0.15, 0.2) is 0 Å². The van der Waals surface area contributed by atoms with Crippen LogP contribution in [-0.2, 0) is 9.59 Å². The van der Waals surface area contributed by atoms with Crippen molar-refractivity contribution in [1.29, 1.82) is 0 Å². The molecule has 1 aliphatic rings. The molecule has 0 bridgehead atoms. The van der Waals surface area contributed by atoms with Gasteiger partial charge in [-0.2, -0.15) is 0 Å². The summed E-state index contributed by atoms with van der Waals surface area (Å²) in [5.41, 5.74) is 0. The third-order valence-corrected chi connectivity index (χ3v) is 3.74. The quantitative estimate of drug-likeness (QED) is 0.755. The summed E-state index contributed by atoms with van der Waals surface area (Å²) in [6.07, 6.45) is 3.24. The Bertz CT molecular complexity index is 474. The largest absolute Gasteiger partial charge is 0.494 e. The predicted molar refractivity (Wildman–Crippen MR) is 78.1 cm³/mol. The summed E-state index contributed by atoms with van der Waals surface area (Å²) in [6.45, 7) is 0.477. The number of hydrogen-bond acceptors (Lipinski definition) is 3. The molecule has 114 valence electrons. The van der Waals surface area contributed by atoms with E-state index in [1.54, 1.807) is 0 Å². The molecule has 1 fully saturated rings. The van der Waals surface area contributed by atoms with Gasteiger partial charge < -0.3 is 15.2 Å². The van der Waals surface area contributed by atoms with Gasteiger partial charge in [0.1, 0.15) is 5.75 Å². The number of carboxylic acids is 1. The first-order valence-electron chi connectivity index (χ1n) is 7.37. The Labute approximate surface area is 124 Å². The number of nitrogens with one attached hydrogen (secondary N) is 1. The van der Waals surface area contributed by atoms with Crippen LogP contribution in [-0.4, -0.2) is 29.6 Å². The van der Waals surface area contributed by atoms with Crippen molar-refractivity contribution in [3.63, 3.8) is 0 Å². The van der Waals surface area contributed by atoms with Gasteiger partial charge in [0.05, 0.1) is 12.5 Å². The van der Waals surface area contributed by atoms with Gasteiger partial charge in [-0.1, -0.05) is 24.6 Å². The number of aliphatic carboxylic acids is 1. The molecule has 2 N–H and O–H groups in total. The van der Waals surface area contributed by atoms with Gasteiger partial charge in [0, 0.05) is 12.5 Å². The Balaban J connectivity index is 1.65. The predicted octanol–water partition coefficient (Wildman–Crippen LogP) is 2.22. The van der Waals surface area contributed by atoms with Gasteiger partial charge in [-0.15, -0.1) is 0 Å². The highest BCUT2D eigenvalue weighted by Gasteiger charge is 2.33. The summed E-state index contributed by atoms with van der Waals surface area (Å²) in [5, 5.41) is 11.9. The first kappa shape index (κ1) is 15.4. The molecule has 0 aromatic heterocycles. The average Bonchev–Trinajstić information content (AvgIpc) is 2.93. The molecule has 1 aromatic carbocycles. The summed E-state index contributed by atoms with van der Waals surface area (Å²) in [4.78, 5) is 22.9. The normalized spacial score (nSPS) is 21.0. The van der Waals surface area contributed by atoms with E-state index in [1.807, 2.05) is 30.3 Å². The van der Waals surface area contributed by atoms with Crippen LogP contribution in [0.25, 0.3) is 0 Å². The van der Waals surface area contributed by atoms with Crippen molar-refractivity contribution in [2.24, 2.45) is 5.92 Å². The summed E-state index contributed by atoms with van der Waals surface area (Å²) >= 11 is 0. The number of rotatable bonds is 7. The summed E-state index contributed by atoms with van der Waals surface area (Å²) in [7, 11) is 0.